The topological polar surface area (TPSA) is 67.3 Å². The van der Waals surface area contributed by atoms with Gasteiger partial charge in [0, 0.05) is 19.3 Å². The molecule has 3 aromatic rings. The molecule has 0 spiro atoms. The first-order valence-corrected chi connectivity index (χ1v) is 8.92. The van der Waals surface area contributed by atoms with Gasteiger partial charge in [-0.15, -0.1) is 0 Å². The maximum absolute atomic E-state index is 12.2. The van der Waals surface area contributed by atoms with Gasteiger partial charge >= 0.3 is 0 Å². The molecule has 7 heteroatoms. The van der Waals surface area contributed by atoms with Crippen LogP contribution in [0.2, 0.25) is 0 Å². The van der Waals surface area contributed by atoms with E-state index in [2.05, 4.69) is 20.2 Å². The molecule has 128 valence electrons. The number of benzene rings is 1. The zero-order valence-corrected chi connectivity index (χ0v) is 14.6. The third-order valence-electron chi connectivity index (χ3n) is 4.28. The Labute approximate surface area is 149 Å². The van der Waals surface area contributed by atoms with Crippen LogP contribution in [0, 0.1) is 5.92 Å². The smallest absolute Gasteiger partial charge is 0.227 e. The van der Waals surface area contributed by atoms with Crippen molar-refractivity contribution in [1.82, 2.24) is 15.3 Å². The number of ether oxygens (including phenoxy) is 1. The van der Waals surface area contributed by atoms with E-state index in [9.17, 15) is 4.79 Å². The first-order valence-electron chi connectivity index (χ1n) is 8.10. The van der Waals surface area contributed by atoms with Gasteiger partial charge in [0.1, 0.15) is 11.3 Å². The summed E-state index contributed by atoms with van der Waals surface area (Å²) >= 11 is 1.63. The van der Waals surface area contributed by atoms with Crippen LogP contribution in [0.3, 0.4) is 0 Å². The summed E-state index contributed by atoms with van der Waals surface area (Å²) in [6.07, 6.45) is 1.73. The van der Waals surface area contributed by atoms with Crippen molar-refractivity contribution in [3.05, 3.63) is 48.3 Å². The normalized spacial score (nSPS) is 14.4. The quantitative estimate of drug-likeness (QED) is 0.762. The van der Waals surface area contributed by atoms with E-state index in [-0.39, 0.29) is 11.8 Å². The van der Waals surface area contributed by atoms with E-state index in [0.29, 0.717) is 19.6 Å². The van der Waals surface area contributed by atoms with Crippen molar-refractivity contribution in [1.29, 1.82) is 0 Å². The van der Waals surface area contributed by atoms with Crippen LogP contribution >= 0.6 is 11.3 Å². The molecule has 1 aromatic carbocycles. The maximum atomic E-state index is 12.2. The van der Waals surface area contributed by atoms with Gasteiger partial charge < -0.3 is 15.0 Å². The predicted molar refractivity (Wildman–Crippen MR) is 98.0 cm³/mol. The highest BCUT2D eigenvalue weighted by Gasteiger charge is 2.34. The summed E-state index contributed by atoms with van der Waals surface area (Å²) in [5.74, 6) is 0.850. The molecule has 0 bridgehead atoms. The second kappa shape index (κ2) is 6.68. The van der Waals surface area contributed by atoms with Crippen molar-refractivity contribution in [2.24, 2.45) is 5.92 Å². The number of hydrogen-bond acceptors (Lipinski definition) is 6. The fourth-order valence-electron chi connectivity index (χ4n) is 2.84. The number of rotatable bonds is 5. The fraction of sp³-hybridized carbons (Fsp3) is 0.278. The number of carbonyl (C=O) groups is 1. The van der Waals surface area contributed by atoms with E-state index in [1.807, 2.05) is 36.4 Å². The molecule has 4 rings (SSSR count). The lowest BCUT2D eigenvalue weighted by Gasteiger charge is -2.37. The summed E-state index contributed by atoms with van der Waals surface area (Å²) in [4.78, 5) is 23.3. The van der Waals surface area contributed by atoms with Crippen molar-refractivity contribution in [2.75, 3.05) is 25.1 Å². The Balaban J connectivity index is 1.36. The van der Waals surface area contributed by atoms with Crippen LogP contribution in [0.25, 0.3) is 10.2 Å². The van der Waals surface area contributed by atoms with E-state index >= 15 is 0 Å². The van der Waals surface area contributed by atoms with Gasteiger partial charge in [-0.2, -0.15) is 0 Å². The van der Waals surface area contributed by atoms with E-state index in [0.717, 1.165) is 26.8 Å². The van der Waals surface area contributed by atoms with E-state index < -0.39 is 0 Å². The zero-order valence-electron chi connectivity index (χ0n) is 13.8. The third kappa shape index (κ3) is 3.15. The molecule has 0 unspecified atom stereocenters. The minimum atomic E-state index is -0.00220. The summed E-state index contributed by atoms with van der Waals surface area (Å²) in [5.41, 5.74) is 1.75. The molecule has 6 nitrogen and oxygen atoms in total. The van der Waals surface area contributed by atoms with Crippen LogP contribution < -0.4 is 15.0 Å². The first-order chi connectivity index (χ1) is 12.2. The van der Waals surface area contributed by atoms with Crippen LogP contribution in [-0.2, 0) is 11.3 Å². The van der Waals surface area contributed by atoms with Crippen LogP contribution in [0.15, 0.2) is 42.6 Å². The second-order valence-electron chi connectivity index (χ2n) is 5.94. The monoisotopic (exact) mass is 354 g/mol. The SMILES string of the molecule is COc1cccc2sc(N3CC(C(=O)NCc4ccccn4)C3)nc12. The standard InChI is InChI=1S/C18H18N4O2S/c1-24-14-6-4-7-15-16(14)21-18(25-15)22-10-12(11-22)17(23)20-9-13-5-2-3-8-19-13/h2-8,12H,9-11H2,1H3,(H,20,23). The molecule has 0 atom stereocenters. The molecular weight excluding hydrogens is 336 g/mol. The lowest BCUT2D eigenvalue weighted by molar-refractivity contribution is -0.125. The van der Waals surface area contributed by atoms with Crippen molar-refractivity contribution >= 4 is 32.6 Å². The minimum Gasteiger partial charge on any atom is -0.494 e. The van der Waals surface area contributed by atoms with Crippen LogP contribution in [0.4, 0.5) is 5.13 Å². The third-order valence-corrected chi connectivity index (χ3v) is 5.36. The lowest BCUT2D eigenvalue weighted by atomic mass is 10.00. The molecule has 1 aliphatic heterocycles. The van der Waals surface area contributed by atoms with Gasteiger partial charge in [0.2, 0.25) is 5.91 Å². The van der Waals surface area contributed by atoms with Gasteiger partial charge in [0.25, 0.3) is 0 Å². The van der Waals surface area contributed by atoms with E-state index in [4.69, 9.17) is 4.74 Å². The van der Waals surface area contributed by atoms with Crippen molar-refractivity contribution in [3.63, 3.8) is 0 Å². The van der Waals surface area contributed by atoms with Gasteiger partial charge in [-0.1, -0.05) is 23.5 Å². The van der Waals surface area contributed by atoms with Crippen LogP contribution in [-0.4, -0.2) is 36.1 Å². The number of para-hydroxylation sites is 1. The summed E-state index contributed by atoms with van der Waals surface area (Å²) in [6.45, 7) is 1.85. The van der Waals surface area contributed by atoms with Gasteiger partial charge in [0.15, 0.2) is 5.13 Å². The highest BCUT2D eigenvalue weighted by atomic mass is 32.1. The summed E-state index contributed by atoms with van der Waals surface area (Å²) in [6, 6.07) is 11.6. The molecule has 25 heavy (non-hydrogen) atoms. The predicted octanol–water partition coefficient (Wildman–Crippen LogP) is 2.45. The molecule has 1 saturated heterocycles. The number of aromatic nitrogens is 2. The largest absolute Gasteiger partial charge is 0.494 e. The number of methoxy groups -OCH3 is 1. The van der Waals surface area contributed by atoms with Gasteiger partial charge in [-0.25, -0.2) is 4.98 Å². The molecule has 0 saturated carbocycles. The van der Waals surface area contributed by atoms with Gasteiger partial charge in [-0.3, -0.25) is 9.78 Å². The molecule has 1 aliphatic rings. The van der Waals surface area contributed by atoms with E-state index in [1.165, 1.54) is 0 Å². The lowest BCUT2D eigenvalue weighted by Crippen LogP contribution is -2.53. The Hall–Kier alpha value is -2.67. The molecule has 2 aromatic heterocycles. The van der Waals surface area contributed by atoms with Crippen molar-refractivity contribution in [3.8, 4) is 5.75 Å². The fourth-order valence-corrected chi connectivity index (χ4v) is 3.84. The van der Waals surface area contributed by atoms with Gasteiger partial charge in [0.05, 0.1) is 30.0 Å². The second-order valence-corrected chi connectivity index (χ2v) is 6.95. The Morgan fingerprint density at radius 1 is 1.32 bits per heavy atom. The number of nitrogens with zero attached hydrogens (tertiary/aromatic N) is 3. The summed E-state index contributed by atoms with van der Waals surface area (Å²) < 4.78 is 6.46. The van der Waals surface area contributed by atoms with Crippen LogP contribution in [0.5, 0.6) is 5.75 Å². The molecule has 1 fully saturated rings. The molecule has 0 aliphatic carbocycles. The van der Waals surface area contributed by atoms with Crippen molar-refractivity contribution in [2.45, 2.75) is 6.54 Å². The molecule has 1 amide bonds. The molecule has 0 radical (unpaired) electrons. The Morgan fingerprint density at radius 2 is 2.20 bits per heavy atom. The van der Waals surface area contributed by atoms with E-state index in [1.54, 1.807) is 24.6 Å². The molecule has 3 heterocycles. The first kappa shape index (κ1) is 15.8. The molecule has 1 N–H and O–H groups in total. The Kier molecular flexibility index (Phi) is 4.23. The summed E-state index contributed by atoms with van der Waals surface area (Å²) in [7, 11) is 1.65. The summed E-state index contributed by atoms with van der Waals surface area (Å²) in [5, 5.41) is 3.89. The molecular formula is C18H18N4O2S. The number of fused-ring (bicyclic) bond motifs is 1. The number of amides is 1. The number of pyridine rings is 1. The number of hydrogen-bond donors (Lipinski definition) is 1. The Bertz CT molecular complexity index is 890. The van der Waals surface area contributed by atoms with Crippen molar-refractivity contribution < 1.29 is 9.53 Å². The number of anilines is 1. The minimum absolute atomic E-state index is 0.00220. The zero-order chi connectivity index (χ0) is 17.2. The average molecular weight is 354 g/mol. The number of thiazole rings is 1. The van der Waals surface area contributed by atoms with Gasteiger partial charge in [-0.05, 0) is 24.3 Å². The van der Waals surface area contributed by atoms with Crippen LogP contribution in [0.1, 0.15) is 5.69 Å². The number of carbonyl (C=O) groups excluding carboxylic acids is 1. The Morgan fingerprint density at radius 3 is 2.96 bits per heavy atom. The number of nitrogens with one attached hydrogen (secondary N) is 1. The highest BCUT2D eigenvalue weighted by Crippen LogP contribution is 2.36. The average Bonchev–Trinajstić information content (AvgIpc) is 3.03. The highest BCUT2D eigenvalue weighted by molar-refractivity contribution is 7.22. The maximum Gasteiger partial charge on any atom is 0.227 e.